The first-order chi connectivity index (χ1) is 8.34. The third kappa shape index (κ3) is 1.69. The summed E-state index contributed by atoms with van der Waals surface area (Å²) >= 11 is 0. The summed E-state index contributed by atoms with van der Waals surface area (Å²) in [6.45, 7) is 0. The number of hydrogen-bond acceptors (Lipinski definition) is 4. The maximum atomic E-state index is 11.7. The summed E-state index contributed by atoms with van der Waals surface area (Å²) in [4.78, 5) is 19.6. The molecule has 2 aromatic heterocycles. The SMILES string of the molecule is O=c1nc(-c2ccccc2)oc2cccnc12. The Kier molecular flexibility index (Phi) is 2.19. The lowest BCUT2D eigenvalue weighted by Gasteiger charge is -2.00. The fourth-order valence-electron chi connectivity index (χ4n) is 1.61. The summed E-state index contributed by atoms with van der Waals surface area (Å²) in [5, 5.41) is 0. The molecule has 82 valence electrons. The van der Waals surface area contributed by atoms with E-state index in [1.54, 1.807) is 18.3 Å². The van der Waals surface area contributed by atoms with Gasteiger partial charge < -0.3 is 4.42 Å². The van der Waals surface area contributed by atoms with E-state index in [2.05, 4.69) is 9.97 Å². The Morgan fingerprint density at radius 1 is 1.00 bits per heavy atom. The van der Waals surface area contributed by atoms with E-state index in [4.69, 9.17) is 4.42 Å². The third-order valence-electron chi connectivity index (χ3n) is 2.40. The molecule has 2 heterocycles. The van der Waals surface area contributed by atoms with Crippen LogP contribution in [0.1, 0.15) is 0 Å². The topological polar surface area (TPSA) is 56.0 Å². The van der Waals surface area contributed by atoms with Crippen LogP contribution in [0.2, 0.25) is 0 Å². The summed E-state index contributed by atoms with van der Waals surface area (Å²) < 4.78 is 5.56. The molecule has 0 fully saturated rings. The quantitative estimate of drug-likeness (QED) is 0.636. The molecule has 4 heteroatoms. The van der Waals surface area contributed by atoms with Crippen molar-refractivity contribution < 1.29 is 4.42 Å². The van der Waals surface area contributed by atoms with Crippen molar-refractivity contribution in [2.75, 3.05) is 0 Å². The van der Waals surface area contributed by atoms with Crippen molar-refractivity contribution in [3.8, 4) is 11.5 Å². The van der Waals surface area contributed by atoms with Crippen LogP contribution in [0.5, 0.6) is 0 Å². The van der Waals surface area contributed by atoms with Gasteiger partial charge in [0.05, 0.1) is 0 Å². The fourth-order valence-corrected chi connectivity index (χ4v) is 1.61. The fraction of sp³-hybridized carbons (Fsp3) is 0. The van der Waals surface area contributed by atoms with Gasteiger partial charge in [-0.15, -0.1) is 0 Å². The zero-order valence-electron chi connectivity index (χ0n) is 8.83. The summed E-state index contributed by atoms with van der Waals surface area (Å²) in [7, 11) is 0. The van der Waals surface area contributed by atoms with Gasteiger partial charge in [0.25, 0.3) is 0 Å². The van der Waals surface area contributed by atoms with Gasteiger partial charge in [-0.2, -0.15) is 4.98 Å². The van der Waals surface area contributed by atoms with Crippen molar-refractivity contribution in [3.63, 3.8) is 0 Å². The number of hydrogen-bond donors (Lipinski definition) is 0. The molecule has 0 amide bonds. The van der Waals surface area contributed by atoms with Crippen molar-refractivity contribution >= 4 is 11.1 Å². The Hall–Kier alpha value is -2.49. The van der Waals surface area contributed by atoms with E-state index in [9.17, 15) is 4.79 Å². The van der Waals surface area contributed by atoms with Gasteiger partial charge in [0, 0.05) is 11.8 Å². The summed E-state index contributed by atoms with van der Waals surface area (Å²) in [5.74, 6) is 0.316. The highest BCUT2D eigenvalue weighted by atomic mass is 16.3. The lowest BCUT2D eigenvalue weighted by molar-refractivity contribution is 0.593. The minimum atomic E-state index is -0.370. The van der Waals surface area contributed by atoms with E-state index in [1.807, 2.05) is 30.3 Å². The molecule has 0 radical (unpaired) electrons. The average molecular weight is 224 g/mol. The molecule has 0 aliphatic rings. The molecule has 3 aromatic rings. The predicted octanol–water partition coefficient (Wildman–Crippen LogP) is 2.25. The lowest BCUT2D eigenvalue weighted by Crippen LogP contribution is -2.08. The minimum Gasteiger partial charge on any atom is -0.436 e. The molecule has 0 unspecified atom stereocenters. The molecule has 0 N–H and O–H groups in total. The van der Waals surface area contributed by atoms with Gasteiger partial charge in [-0.1, -0.05) is 18.2 Å². The van der Waals surface area contributed by atoms with Crippen molar-refractivity contribution in [2.45, 2.75) is 0 Å². The number of pyridine rings is 1. The number of benzene rings is 1. The zero-order valence-corrected chi connectivity index (χ0v) is 8.83. The Morgan fingerprint density at radius 2 is 1.82 bits per heavy atom. The zero-order chi connectivity index (χ0) is 11.7. The van der Waals surface area contributed by atoms with Gasteiger partial charge in [0.15, 0.2) is 11.1 Å². The summed E-state index contributed by atoms with van der Waals surface area (Å²) in [5.41, 5.74) is 1.11. The average Bonchev–Trinajstić information content (AvgIpc) is 2.40. The van der Waals surface area contributed by atoms with Crippen LogP contribution in [0.3, 0.4) is 0 Å². The first kappa shape index (κ1) is 9.72. The molecule has 0 bridgehead atoms. The van der Waals surface area contributed by atoms with E-state index in [1.165, 1.54) is 0 Å². The Bertz CT molecular complexity index is 720. The Labute approximate surface area is 96.6 Å². The highest BCUT2D eigenvalue weighted by molar-refractivity contribution is 5.71. The van der Waals surface area contributed by atoms with Gasteiger partial charge >= 0.3 is 5.56 Å². The smallest absolute Gasteiger partial charge is 0.302 e. The van der Waals surface area contributed by atoms with E-state index in [0.717, 1.165) is 5.56 Å². The third-order valence-corrected chi connectivity index (χ3v) is 2.40. The monoisotopic (exact) mass is 224 g/mol. The van der Waals surface area contributed by atoms with Crippen molar-refractivity contribution in [2.24, 2.45) is 0 Å². The highest BCUT2D eigenvalue weighted by Crippen LogP contribution is 2.18. The van der Waals surface area contributed by atoms with Gasteiger partial charge in [-0.3, -0.25) is 4.79 Å². The number of rotatable bonds is 1. The molecular weight excluding hydrogens is 216 g/mol. The lowest BCUT2D eigenvalue weighted by atomic mass is 10.2. The van der Waals surface area contributed by atoms with Crippen LogP contribution in [0, 0.1) is 0 Å². The molecule has 0 aliphatic carbocycles. The van der Waals surface area contributed by atoms with E-state index < -0.39 is 0 Å². The number of nitrogens with zero attached hydrogens (tertiary/aromatic N) is 2. The maximum Gasteiger partial charge on any atom is 0.302 e. The first-order valence-corrected chi connectivity index (χ1v) is 5.16. The van der Waals surface area contributed by atoms with Gasteiger partial charge in [0.1, 0.15) is 0 Å². The van der Waals surface area contributed by atoms with Gasteiger partial charge in [-0.25, -0.2) is 4.98 Å². The number of aromatic nitrogens is 2. The molecule has 0 atom stereocenters. The van der Waals surface area contributed by atoms with Crippen LogP contribution in [-0.4, -0.2) is 9.97 Å². The molecule has 4 nitrogen and oxygen atoms in total. The molecule has 3 rings (SSSR count). The Balaban J connectivity index is 2.30. The van der Waals surface area contributed by atoms with Crippen LogP contribution in [0.4, 0.5) is 0 Å². The highest BCUT2D eigenvalue weighted by Gasteiger charge is 2.07. The maximum absolute atomic E-state index is 11.7. The van der Waals surface area contributed by atoms with Crippen molar-refractivity contribution in [1.82, 2.24) is 9.97 Å². The molecular formula is C13H8N2O2. The second-order valence-corrected chi connectivity index (χ2v) is 3.54. The summed E-state index contributed by atoms with van der Waals surface area (Å²) in [6, 6.07) is 12.7. The predicted molar refractivity (Wildman–Crippen MR) is 63.5 cm³/mol. The van der Waals surface area contributed by atoms with Crippen LogP contribution in [-0.2, 0) is 0 Å². The summed E-state index contributed by atoms with van der Waals surface area (Å²) in [6.07, 6.45) is 1.54. The van der Waals surface area contributed by atoms with Crippen LogP contribution >= 0.6 is 0 Å². The normalized spacial score (nSPS) is 10.6. The van der Waals surface area contributed by atoms with Gasteiger partial charge in [-0.05, 0) is 24.3 Å². The van der Waals surface area contributed by atoms with Crippen LogP contribution in [0.15, 0.2) is 57.9 Å². The molecule has 0 saturated heterocycles. The molecule has 0 spiro atoms. The molecule has 0 aliphatic heterocycles. The second-order valence-electron chi connectivity index (χ2n) is 3.54. The van der Waals surface area contributed by atoms with Gasteiger partial charge in [0.2, 0.25) is 5.89 Å². The van der Waals surface area contributed by atoms with E-state index >= 15 is 0 Å². The standard InChI is InChI=1S/C13H8N2O2/c16-12-11-10(7-4-8-14-11)17-13(15-12)9-5-2-1-3-6-9/h1-8H. The second kappa shape index (κ2) is 3.83. The molecule has 17 heavy (non-hydrogen) atoms. The van der Waals surface area contributed by atoms with Crippen molar-refractivity contribution in [3.05, 3.63) is 59.0 Å². The van der Waals surface area contributed by atoms with Crippen LogP contribution in [0.25, 0.3) is 22.6 Å². The van der Waals surface area contributed by atoms with E-state index in [0.29, 0.717) is 11.5 Å². The largest absolute Gasteiger partial charge is 0.436 e. The van der Waals surface area contributed by atoms with Crippen LogP contribution < -0.4 is 5.56 Å². The first-order valence-electron chi connectivity index (χ1n) is 5.16. The Morgan fingerprint density at radius 3 is 2.65 bits per heavy atom. The minimum absolute atomic E-state index is 0.257. The molecule has 0 saturated carbocycles. The van der Waals surface area contributed by atoms with Crippen molar-refractivity contribution in [1.29, 1.82) is 0 Å². The van der Waals surface area contributed by atoms with E-state index in [-0.39, 0.29) is 11.1 Å². The molecule has 1 aromatic carbocycles. The number of fused-ring (bicyclic) bond motifs is 1.